The van der Waals surface area contributed by atoms with Crippen molar-refractivity contribution in [2.75, 3.05) is 13.1 Å². The first-order valence-corrected chi connectivity index (χ1v) is 11.4. The molecule has 0 atom stereocenters. The average Bonchev–Trinajstić information content (AvgIpc) is 3.50. The van der Waals surface area contributed by atoms with Crippen LogP contribution in [-0.2, 0) is 23.1 Å². The molecule has 1 amide bonds. The van der Waals surface area contributed by atoms with E-state index in [1.165, 1.54) is 39.9 Å². The van der Waals surface area contributed by atoms with E-state index in [9.17, 15) is 13.2 Å². The molecule has 0 aliphatic carbocycles. The van der Waals surface area contributed by atoms with Crippen LogP contribution >= 0.6 is 11.6 Å². The van der Waals surface area contributed by atoms with Gasteiger partial charge in [0.15, 0.2) is 0 Å². The van der Waals surface area contributed by atoms with Crippen LogP contribution in [0, 0.1) is 0 Å². The zero-order valence-electron chi connectivity index (χ0n) is 16.2. The van der Waals surface area contributed by atoms with Crippen LogP contribution in [0.4, 0.5) is 0 Å². The number of rotatable bonds is 7. The van der Waals surface area contributed by atoms with Gasteiger partial charge in [0.05, 0.1) is 30.6 Å². The molecule has 4 rings (SSSR count). The molecule has 0 saturated carbocycles. The molecule has 9 heteroatoms. The van der Waals surface area contributed by atoms with Gasteiger partial charge in [-0.3, -0.25) is 4.79 Å². The summed E-state index contributed by atoms with van der Waals surface area (Å²) in [5.74, 6) is 0.861. The zero-order valence-corrected chi connectivity index (χ0v) is 17.7. The summed E-state index contributed by atoms with van der Waals surface area (Å²) in [6, 6.07) is 11.4. The average molecular weight is 449 g/mol. The van der Waals surface area contributed by atoms with E-state index < -0.39 is 10.0 Å². The summed E-state index contributed by atoms with van der Waals surface area (Å²) in [5.41, 5.74) is 0.232. The summed E-state index contributed by atoms with van der Waals surface area (Å²) in [6.07, 6.45) is 4.70. The molecule has 1 saturated heterocycles. The van der Waals surface area contributed by atoms with Gasteiger partial charge < -0.3 is 13.7 Å². The van der Waals surface area contributed by atoms with E-state index in [0.717, 1.165) is 12.8 Å². The van der Waals surface area contributed by atoms with Crippen LogP contribution in [0.1, 0.15) is 34.7 Å². The number of furan rings is 2. The van der Waals surface area contributed by atoms with Crippen LogP contribution < -0.4 is 0 Å². The third kappa shape index (κ3) is 4.30. The third-order valence-corrected chi connectivity index (χ3v) is 7.38. The Morgan fingerprint density at radius 2 is 1.60 bits per heavy atom. The smallest absolute Gasteiger partial charge is 0.254 e. The lowest BCUT2D eigenvalue weighted by Gasteiger charge is -2.22. The van der Waals surface area contributed by atoms with Crippen LogP contribution in [0.2, 0.25) is 5.02 Å². The molecule has 1 aliphatic rings. The van der Waals surface area contributed by atoms with Gasteiger partial charge in [-0.25, -0.2) is 8.42 Å². The van der Waals surface area contributed by atoms with Gasteiger partial charge in [-0.05, 0) is 55.3 Å². The van der Waals surface area contributed by atoms with Gasteiger partial charge in [0.25, 0.3) is 5.91 Å². The summed E-state index contributed by atoms with van der Waals surface area (Å²) in [4.78, 5) is 14.8. The van der Waals surface area contributed by atoms with Crippen molar-refractivity contribution >= 4 is 27.5 Å². The van der Waals surface area contributed by atoms with E-state index >= 15 is 0 Å². The van der Waals surface area contributed by atoms with Crippen LogP contribution in [0.5, 0.6) is 0 Å². The van der Waals surface area contributed by atoms with E-state index in [4.69, 9.17) is 20.4 Å². The van der Waals surface area contributed by atoms with Crippen molar-refractivity contribution in [2.24, 2.45) is 0 Å². The van der Waals surface area contributed by atoms with E-state index in [1.54, 1.807) is 24.3 Å². The quantitative estimate of drug-likeness (QED) is 0.542. The first-order valence-electron chi connectivity index (χ1n) is 9.59. The van der Waals surface area contributed by atoms with Crippen LogP contribution in [0.3, 0.4) is 0 Å². The fourth-order valence-corrected chi connectivity index (χ4v) is 5.48. The number of amides is 1. The van der Waals surface area contributed by atoms with Crippen LogP contribution in [0.25, 0.3) is 0 Å². The minimum Gasteiger partial charge on any atom is -0.467 e. The number of nitrogens with zero attached hydrogens (tertiary/aromatic N) is 2. The van der Waals surface area contributed by atoms with Crippen molar-refractivity contribution in [1.29, 1.82) is 0 Å². The summed E-state index contributed by atoms with van der Waals surface area (Å²) in [6.45, 7) is 1.34. The molecule has 0 unspecified atom stereocenters. The molecule has 30 heavy (non-hydrogen) atoms. The lowest BCUT2D eigenvalue weighted by Crippen LogP contribution is -2.31. The number of sulfonamides is 1. The Morgan fingerprint density at radius 3 is 2.13 bits per heavy atom. The molecule has 0 bridgehead atoms. The van der Waals surface area contributed by atoms with Gasteiger partial charge in [-0.2, -0.15) is 4.31 Å². The zero-order chi connectivity index (χ0) is 21.1. The highest BCUT2D eigenvalue weighted by Gasteiger charge is 2.30. The topological polar surface area (TPSA) is 84.0 Å². The predicted molar refractivity (Wildman–Crippen MR) is 110 cm³/mol. The Morgan fingerprint density at radius 1 is 1.00 bits per heavy atom. The standard InChI is InChI=1S/C21H21ClN2O5S/c22-19-8-7-16(13-20(19)30(26,27)24-9-1-2-10-24)21(25)23(14-17-5-3-11-28-17)15-18-6-4-12-29-18/h3-8,11-13H,1-2,9-10,14-15H2. The summed E-state index contributed by atoms with van der Waals surface area (Å²) in [7, 11) is -3.76. The van der Waals surface area contributed by atoms with Gasteiger partial charge >= 0.3 is 0 Å². The van der Waals surface area contributed by atoms with E-state index in [-0.39, 0.29) is 34.5 Å². The SMILES string of the molecule is O=C(c1ccc(Cl)c(S(=O)(=O)N2CCCC2)c1)N(Cc1ccco1)Cc1ccco1. The van der Waals surface area contributed by atoms with Crippen molar-refractivity contribution in [3.05, 3.63) is 77.1 Å². The van der Waals surface area contributed by atoms with Gasteiger partial charge in [-0.15, -0.1) is 0 Å². The Kier molecular flexibility index (Phi) is 5.99. The van der Waals surface area contributed by atoms with Gasteiger partial charge in [0.1, 0.15) is 16.4 Å². The van der Waals surface area contributed by atoms with Crippen molar-refractivity contribution in [2.45, 2.75) is 30.8 Å². The molecule has 1 fully saturated rings. The lowest BCUT2D eigenvalue weighted by molar-refractivity contribution is 0.0704. The summed E-state index contributed by atoms with van der Waals surface area (Å²) >= 11 is 6.21. The highest BCUT2D eigenvalue weighted by molar-refractivity contribution is 7.89. The number of halogens is 1. The van der Waals surface area contributed by atoms with Crippen LogP contribution in [0.15, 0.2) is 68.7 Å². The molecule has 3 aromatic rings. The highest BCUT2D eigenvalue weighted by atomic mass is 35.5. The number of benzene rings is 1. The number of hydrogen-bond donors (Lipinski definition) is 0. The molecule has 0 spiro atoms. The second-order valence-electron chi connectivity index (χ2n) is 7.08. The molecule has 1 aromatic carbocycles. The maximum atomic E-state index is 13.3. The summed E-state index contributed by atoms with van der Waals surface area (Å²) in [5, 5.41) is 0.0991. The molecule has 3 heterocycles. The van der Waals surface area contributed by atoms with E-state index in [0.29, 0.717) is 24.6 Å². The first-order chi connectivity index (χ1) is 14.4. The van der Waals surface area contributed by atoms with Gasteiger partial charge in [0, 0.05) is 18.7 Å². The van der Waals surface area contributed by atoms with E-state index in [2.05, 4.69) is 0 Å². The van der Waals surface area contributed by atoms with Crippen molar-refractivity contribution < 1.29 is 22.0 Å². The molecule has 158 valence electrons. The minimum absolute atomic E-state index is 0.0483. The predicted octanol–water partition coefficient (Wildman–Crippen LogP) is 4.15. The molecular weight excluding hydrogens is 428 g/mol. The fraction of sp³-hybridized carbons (Fsp3) is 0.286. The third-order valence-electron chi connectivity index (χ3n) is 5.00. The van der Waals surface area contributed by atoms with Crippen molar-refractivity contribution in [3.63, 3.8) is 0 Å². The number of carbonyl (C=O) groups is 1. The molecule has 2 aromatic heterocycles. The minimum atomic E-state index is -3.76. The molecular formula is C21H21ClN2O5S. The fourth-order valence-electron chi connectivity index (χ4n) is 3.47. The normalized spacial score (nSPS) is 14.8. The van der Waals surface area contributed by atoms with Crippen molar-refractivity contribution in [3.8, 4) is 0 Å². The van der Waals surface area contributed by atoms with E-state index in [1.807, 2.05) is 0 Å². The molecule has 0 N–H and O–H groups in total. The Labute approximate surface area is 179 Å². The molecule has 7 nitrogen and oxygen atoms in total. The Hall–Kier alpha value is -2.55. The highest BCUT2D eigenvalue weighted by Crippen LogP contribution is 2.29. The second-order valence-corrected chi connectivity index (χ2v) is 9.39. The number of carbonyl (C=O) groups excluding carboxylic acids is 1. The number of hydrogen-bond acceptors (Lipinski definition) is 5. The molecule has 0 radical (unpaired) electrons. The lowest BCUT2D eigenvalue weighted by atomic mass is 10.2. The summed E-state index contributed by atoms with van der Waals surface area (Å²) < 4.78 is 38.2. The van der Waals surface area contributed by atoms with Crippen molar-refractivity contribution in [1.82, 2.24) is 9.21 Å². The maximum absolute atomic E-state index is 13.3. The second kappa shape index (κ2) is 8.67. The largest absolute Gasteiger partial charge is 0.467 e. The Balaban J connectivity index is 1.65. The monoisotopic (exact) mass is 448 g/mol. The molecule has 1 aliphatic heterocycles. The Bertz CT molecular complexity index is 1070. The first kappa shape index (κ1) is 20.7. The van der Waals surface area contributed by atoms with Crippen LogP contribution in [-0.4, -0.2) is 36.6 Å². The maximum Gasteiger partial charge on any atom is 0.254 e. The van der Waals surface area contributed by atoms with Gasteiger partial charge in [0.2, 0.25) is 10.0 Å². The van der Waals surface area contributed by atoms with Gasteiger partial charge in [-0.1, -0.05) is 11.6 Å².